The monoisotopic (exact) mass is 178 g/mol. The molecule has 1 rings (SSSR count). The molecule has 1 aliphatic rings. The molecule has 2 nitrogen and oxygen atoms in total. The molecule has 0 unspecified atom stereocenters. The maximum Gasteiger partial charge on any atom is 0.0316 e. The molecular weight excluding hydrogens is 160 g/mol. The Balaban J connectivity index is 2.70. The van der Waals surface area contributed by atoms with Gasteiger partial charge in [-0.25, -0.2) is 0 Å². The summed E-state index contributed by atoms with van der Waals surface area (Å²) in [7, 11) is 1.83. The van der Waals surface area contributed by atoms with Crippen LogP contribution in [0.1, 0.15) is 20.3 Å². The van der Waals surface area contributed by atoms with Crippen LogP contribution in [0.5, 0.6) is 0 Å². The van der Waals surface area contributed by atoms with Crippen LogP contribution in [0, 0.1) is 0 Å². The van der Waals surface area contributed by atoms with Crippen LogP contribution in [0.4, 0.5) is 0 Å². The molecule has 0 aromatic carbocycles. The molecule has 2 heteroatoms. The average molecular weight is 178 g/mol. The van der Waals surface area contributed by atoms with E-state index in [0.29, 0.717) is 0 Å². The van der Waals surface area contributed by atoms with Crippen LogP contribution >= 0.6 is 0 Å². The molecule has 0 amide bonds. The van der Waals surface area contributed by atoms with Crippen LogP contribution in [-0.4, -0.2) is 25.8 Å². The van der Waals surface area contributed by atoms with Crippen molar-refractivity contribution in [1.29, 1.82) is 0 Å². The minimum Gasteiger partial charge on any atom is -0.312 e. The second-order valence-corrected chi connectivity index (χ2v) is 3.39. The molecule has 0 aromatic heterocycles. The van der Waals surface area contributed by atoms with Gasteiger partial charge in [-0.1, -0.05) is 6.08 Å². The van der Waals surface area contributed by atoms with E-state index in [1.807, 2.05) is 14.0 Å². The Hall–Kier alpha value is -0.890. The molecule has 1 heterocycles. The number of aliphatic imine (C=N–C) groups is 1. The highest BCUT2D eigenvalue weighted by molar-refractivity contribution is 5.93. The van der Waals surface area contributed by atoms with Crippen molar-refractivity contribution in [2.45, 2.75) is 20.3 Å². The number of nitrogens with one attached hydrogen (secondary N) is 1. The molecule has 0 aromatic rings. The van der Waals surface area contributed by atoms with E-state index in [-0.39, 0.29) is 0 Å². The van der Waals surface area contributed by atoms with Crippen molar-refractivity contribution in [3.63, 3.8) is 0 Å². The predicted molar refractivity (Wildman–Crippen MR) is 58.4 cm³/mol. The summed E-state index contributed by atoms with van der Waals surface area (Å²) in [6.07, 6.45) is 5.59. The van der Waals surface area contributed by atoms with Crippen LogP contribution < -0.4 is 5.32 Å². The van der Waals surface area contributed by atoms with Crippen molar-refractivity contribution in [3.05, 3.63) is 23.3 Å². The largest absolute Gasteiger partial charge is 0.312 e. The highest BCUT2D eigenvalue weighted by Crippen LogP contribution is 2.12. The van der Waals surface area contributed by atoms with Crippen molar-refractivity contribution in [2.24, 2.45) is 4.99 Å². The van der Waals surface area contributed by atoms with Crippen molar-refractivity contribution in [2.75, 3.05) is 20.1 Å². The van der Waals surface area contributed by atoms with Gasteiger partial charge in [-0.15, -0.1) is 0 Å². The number of nitrogens with zero attached hydrogens (tertiary/aromatic N) is 1. The average Bonchev–Trinajstić information content (AvgIpc) is 2.19. The van der Waals surface area contributed by atoms with Gasteiger partial charge in [0.2, 0.25) is 0 Å². The maximum absolute atomic E-state index is 4.12. The lowest BCUT2D eigenvalue weighted by Crippen LogP contribution is -2.22. The van der Waals surface area contributed by atoms with Crippen LogP contribution in [0.2, 0.25) is 0 Å². The van der Waals surface area contributed by atoms with Gasteiger partial charge in [0.15, 0.2) is 0 Å². The van der Waals surface area contributed by atoms with Crippen LogP contribution in [-0.2, 0) is 0 Å². The molecule has 1 N–H and O–H groups in total. The first-order valence-electron chi connectivity index (χ1n) is 4.76. The Morgan fingerprint density at radius 1 is 1.54 bits per heavy atom. The normalized spacial score (nSPS) is 20.1. The Morgan fingerprint density at radius 2 is 2.31 bits per heavy atom. The zero-order chi connectivity index (χ0) is 9.68. The summed E-state index contributed by atoms with van der Waals surface area (Å²) in [5.41, 5.74) is 3.83. The first-order valence-corrected chi connectivity index (χ1v) is 4.76. The summed E-state index contributed by atoms with van der Waals surface area (Å²) in [5.74, 6) is 0. The third kappa shape index (κ3) is 3.15. The summed E-state index contributed by atoms with van der Waals surface area (Å²) in [6, 6.07) is 0. The van der Waals surface area contributed by atoms with E-state index in [0.717, 1.165) is 25.2 Å². The van der Waals surface area contributed by atoms with E-state index < -0.39 is 0 Å². The molecular formula is C11H18N2. The lowest BCUT2D eigenvalue weighted by molar-refractivity contribution is 0.706. The van der Waals surface area contributed by atoms with Crippen molar-refractivity contribution < 1.29 is 0 Å². The van der Waals surface area contributed by atoms with Crippen molar-refractivity contribution in [1.82, 2.24) is 5.32 Å². The Morgan fingerprint density at radius 3 is 2.85 bits per heavy atom. The molecule has 0 fully saturated rings. The number of rotatable bonds is 2. The van der Waals surface area contributed by atoms with Gasteiger partial charge in [-0.3, -0.25) is 4.99 Å². The summed E-state index contributed by atoms with van der Waals surface area (Å²) in [5, 5.41) is 3.36. The third-order valence-electron chi connectivity index (χ3n) is 2.31. The van der Waals surface area contributed by atoms with Gasteiger partial charge in [0.05, 0.1) is 0 Å². The standard InChI is InChI=1S/C11H18N2/c1-9(7-10(2)12-3)11-5-4-6-13-8-11/h5,7,13H,4,6,8H2,1-3H3/b9-7+,12-10?. The Labute approximate surface area is 80.4 Å². The molecule has 1 aliphatic heterocycles. The molecule has 0 saturated carbocycles. The second kappa shape index (κ2) is 4.97. The van der Waals surface area contributed by atoms with Crippen LogP contribution in [0.3, 0.4) is 0 Å². The zero-order valence-electron chi connectivity index (χ0n) is 8.72. The van der Waals surface area contributed by atoms with Gasteiger partial charge in [0.1, 0.15) is 0 Å². The maximum atomic E-state index is 4.12. The highest BCUT2D eigenvalue weighted by Gasteiger charge is 2.03. The van der Waals surface area contributed by atoms with Gasteiger partial charge in [0, 0.05) is 19.3 Å². The number of allylic oxidation sites excluding steroid dienone is 1. The lowest BCUT2D eigenvalue weighted by atomic mass is 10.0. The van der Waals surface area contributed by atoms with Crippen LogP contribution in [0.25, 0.3) is 0 Å². The summed E-state index contributed by atoms with van der Waals surface area (Å²) in [4.78, 5) is 4.12. The highest BCUT2D eigenvalue weighted by atomic mass is 14.9. The lowest BCUT2D eigenvalue weighted by Gasteiger charge is -2.14. The molecule has 72 valence electrons. The summed E-state index contributed by atoms with van der Waals surface area (Å²) in [6.45, 7) is 6.28. The van der Waals surface area contributed by atoms with E-state index in [2.05, 4.69) is 29.4 Å². The van der Waals surface area contributed by atoms with E-state index in [1.165, 1.54) is 11.1 Å². The van der Waals surface area contributed by atoms with E-state index in [1.54, 1.807) is 0 Å². The smallest absolute Gasteiger partial charge is 0.0316 e. The summed E-state index contributed by atoms with van der Waals surface area (Å²) < 4.78 is 0. The molecule has 0 atom stereocenters. The van der Waals surface area contributed by atoms with Gasteiger partial charge in [-0.2, -0.15) is 0 Å². The number of hydrogen-bond acceptors (Lipinski definition) is 2. The van der Waals surface area contributed by atoms with Gasteiger partial charge >= 0.3 is 0 Å². The molecule has 0 bridgehead atoms. The quantitative estimate of drug-likeness (QED) is 0.642. The van der Waals surface area contributed by atoms with E-state index >= 15 is 0 Å². The van der Waals surface area contributed by atoms with Gasteiger partial charge in [0.25, 0.3) is 0 Å². The first kappa shape index (κ1) is 10.2. The first-order chi connectivity index (χ1) is 6.24. The predicted octanol–water partition coefficient (Wildman–Crippen LogP) is 1.94. The molecule has 13 heavy (non-hydrogen) atoms. The minimum atomic E-state index is 0.999. The zero-order valence-corrected chi connectivity index (χ0v) is 8.72. The molecule has 0 aliphatic carbocycles. The van der Waals surface area contributed by atoms with Crippen molar-refractivity contribution >= 4 is 5.71 Å². The molecule has 0 saturated heterocycles. The third-order valence-corrected chi connectivity index (χ3v) is 2.31. The Kier molecular flexibility index (Phi) is 3.90. The van der Waals surface area contributed by atoms with Gasteiger partial charge < -0.3 is 5.32 Å². The fourth-order valence-corrected chi connectivity index (χ4v) is 1.41. The van der Waals surface area contributed by atoms with E-state index in [9.17, 15) is 0 Å². The van der Waals surface area contributed by atoms with Crippen LogP contribution in [0.15, 0.2) is 28.3 Å². The SMILES string of the molecule is CN=C(C)/C=C(\C)C1=CCCNC1. The fourth-order valence-electron chi connectivity index (χ4n) is 1.41. The molecule has 0 spiro atoms. The van der Waals surface area contributed by atoms with E-state index in [4.69, 9.17) is 0 Å². The Bertz CT molecular complexity index is 259. The fraction of sp³-hybridized carbons (Fsp3) is 0.545. The molecule has 0 radical (unpaired) electrons. The number of hydrogen-bond donors (Lipinski definition) is 1. The van der Waals surface area contributed by atoms with Crippen molar-refractivity contribution in [3.8, 4) is 0 Å². The summed E-state index contributed by atoms with van der Waals surface area (Å²) >= 11 is 0. The second-order valence-electron chi connectivity index (χ2n) is 3.39. The topological polar surface area (TPSA) is 24.4 Å². The minimum absolute atomic E-state index is 0.999. The van der Waals surface area contributed by atoms with Gasteiger partial charge in [-0.05, 0) is 44.0 Å².